The van der Waals surface area contributed by atoms with Crippen LogP contribution in [0.4, 0.5) is 0 Å². The van der Waals surface area contributed by atoms with E-state index in [-0.39, 0.29) is 76.0 Å². The Morgan fingerprint density at radius 3 is 1.10 bits per heavy atom. The molecule has 0 unspecified atom stereocenters. The number of rotatable bonds is 4. The molecule has 0 amide bonds. The summed E-state index contributed by atoms with van der Waals surface area (Å²) in [6, 6.07) is 16.5. The normalized spacial score (nSPS) is 18.0. The van der Waals surface area contributed by atoms with Crippen molar-refractivity contribution in [2.24, 2.45) is 0 Å². The van der Waals surface area contributed by atoms with Crippen molar-refractivity contribution < 1.29 is 85.4 Å². The van der Waals surface area contributed by atoms with Crippen molar-refractivity contribution >= 4 is 15.6 Å². The maximum atomic E-state index is 13.2. The molecule has 4 aromatic carbocycles. The third-order valence-corrected chi connectivity index (χ3v) is 13.0. The zero-order valence-corrected chi connectivity index (χ0v) is 45.7. The minimum absolute atomic E-state index is 0. The zero-order chi connectivity index (χ0) is 45.8. The third-order valence-electron chi connectivity index (χ3n) is 11.4. The van der Waals surface area contributed by atoms with Gasteiger partial charge in [0.15, 0.2) is 0 Å². The van der Waals surface area contributed by atoms with Gasteiger partial charge in [-0.25, -0.2) is 9.13 Å². The fraction of sp³-hybridized carbons (Fsp3) is 0.529. The van der Waals surface area contributed by atoms with Crippen LogP contribution in [0.1, 0.15) is 189 Å². The molecule has 0 N–H and O–H groups in total. The summed E-state index contributed by atoms with van der Waals surface area (Å²) in [5, 5.41) is 0. The van der Waals surface area contributed by atoms with E-state index in [2.05, 4.69) is 128 Å². The van der Waals surface area contributed by atoms with Crippen LogP contribution >= 0.6 is 15.6 Å². The molecule has 8 nitrogen and oxygen atoms in total. The molecule has 0 radical (unpaired) electrons. The molecule has 0 spiro atoms. The van der Waals surface area contributed by atoms with Crippen LogP contribution in [0.25, 0.3) is 0 Å². The number of phosphoric acid groups is 2. The molecule has 0 saturated carbocycles. The quantitative estimate of drug-likeness (QED) is 0.155. The van der Waals surface area contributed by atoms with Gasteiger partial charge in [-0.2, -0.15) is 0 Å². The molecule has 4 aromatic rings. The summed E-state index contributed by atoms with van der Waals surface area (Å²) in [6.07, 6.45) is 4.47. The Morgan fingerprint density at radius 2 is 0.810 bits per heavy atom. The minimum Gasteiger partial charge on any atom is -0.736 e. The van der Waals surface area contributed by atoms with Crippen LogP contribution in [0.3, 0.4) is 0 Å². The van der Waals surface area contributed by atoms with Crippen molar-refractivity contribution in [3.63, 3.8) is 0 Å². The van der Waals surface area contributed by atoms with Crippen LogP contribution in [0.5, 0.6) is 23.0 Å². The summed E-state index contributed by atoms with van der Waals surface area (Å²) in [6.45, 7) is 35.4. The molecule has 12 heteroatoms. The molecular weight excluding hydrogens is 832 g/mol. The molecule has 0 aromatic heterocycles. The van der Waals surface area contributed by atoms with E-state index in [1.165, 1.54) is 11.1 Å². The van der Waals surface area contributed by atoms with Crippen molar-refractivity contribution in [3.05, 3.63) is 115 Å². The van der Waals surface area contributed by atoms with Crippen LogP contribution in [0.15, 0.2) is 48.5 Å². The van der Waals surface area contributed by atoms with Crippen molar-refractivity contribution in [2.75, 3.05) is 0 Å². The van der Waals surface area contributed by atoms with Crippen LogP contribution in [-0.4, -0.2) is 0 Å². The van der Waals surface area contributed by atoms with Crippen LogP contribution in [-0.2, 0) is 50.1 Å². The largest absolute Gasteiger partial charge is 1.00 e. The van der Waals surface area contributed by atoms with Gasteiger partial charge < -0.3 is 27.9 Å². The third kappa shape index (κ3) is 13.2. The van der Waals surface area contributed by atoms with Gasteiger partial charge in [-0.15, -0.1) is 0 Å². The number of phosphoric ester groups is 2. The van der Waals surface area contributed by atoms with Crippen LogP contribution < -0.4 is 76.3 Å². The molecule has 0 atom stereocenters. The van der Waals surface area contributed by atoms with E-state index < -0.39 is 15.6 Å². The SMILES string of the molecule is CCCc1cc2c(c(C(C)(C)C)c1)OP(=O)([O-])Oc1c(cc(CCC)cc1C(C)(C)C)C2C.Cc1cc2c(c(C(C)(C)C)c1)OP(=O)([O-])Oc1c(cc(C)cc1C(C)(C)C)C2.[Li+].[Na+]. The van der Waals surface area contributed by atoms with E-state index in [9.17, 15) is 18.9 Å². The van der Waals surface area contributed by atoms with Gasteiger partial charge in [0.05, 0.1) is 0 Å². The molecule has 0 fully saturated rings. The Kier molecular flexibility index (Phi) is 17.7. The van der Waals surface area contributed by atoms with E-state index in [0.717, 1.165) is 81.3 Å². The molecule has 63 heavy (non-hydrogen) atoms. The number of aryl methyl sites for hydroxylation is 4. The predicted octanol–water partition coefficient (Wildman–Crippen LogP) is 7.31. The molecule has 334 valence electrons. The molecule has 2 heterocycles. The van der Waals surface area contributed by atoms with Gasteiger partial charge in [-0.05, 0) is 70.6 Å². The molecule has 0 saturated heterocycles. The fourth-order valence-corrected chi connectivity index (χ4v) is 10.2. The Morgan fingerprint density at radius 1 is 0.524 bits per heavy atom. The van der Waals surface area contributed by atoms with Crippen molar-refractivity contribution in [1.82, 2.24) is 0 Å². The number of hydrogen-bond donors (Lipinski definition) is 0. The summed E-state index contributed by atoms with van der Waals surface area (Å²) >= 11 is 0. The second-order valence-corrected chi connectivity index (χ2v) is 23.9. The first-order valence-corrected chi connectivity index (χ1v) is 24.8. The average molecular weight is 903 g/mol. The van der Waals surface area contributed by atoms with Gasteiger partial charge in [0, 0.05) is 45.7 Å². The summed E-state index contributed by atoms with van der Waals surface area (Å²) in [7, 11) is -9.25. The summed E-state index contributed by atoms with van der Waals surface area (Å²) < 4.78 is 48.7. The van der Waals surface area contributed by atoms with Crippen LogP contribution in [0, 0.1) is 13.8 Å². The van der Waals surface area contributed by atoms with E-state index in [4.69, 9.17) is 18.1 Å². The predicted molar refractivity (Wildman–Crippen MR) is 246 cm³/mol. The molecule has 0 aliphatic carbocycles. The Balaban J connectivity index is 0.000000329. The smallest absolute Gasteiger partial charge is 0.736 e. The molecule has 0 bridgehead atoms. The first kappa shape index (κ1) is 55.4. The standard InChI is InChI=1S/C28H41O4P.C23H31O4P.Li.Na/c1-10-12-19-14-21-18(3)22-15-20(13-11-2)17-24(28(7,8)9)26(22)32-33(29,30)31-25(21)23(16-19)27(4,5)6;1-14-9-16-13-17-10-15(2)12-19(23(6,7)8)21(17)27-28(24,25)26-20(16)18(11-14)22(3,4)5;;/h14-18H,10-13H2,1-9H3,(H,29,30);9-12H,13H2,1-8H3,(H,24,25);;/q;;2*+1/p-2. The van der Waals surface area contributed by atoms with Gasteiger partial charge in [-0.1, -0.05) is 176 Å². The molecule has 2 aliphatic rings. The van der Waals surface area contributed by atoms with Gasteiger partial charge in [-0.3, -0.25) is 0 Å². The Hall–Kier alpha value is -1.94. The first-order valence-electron chi connectivity index (χ1n) is 21.9. The van der Waals surface area contributed by atoms with E-state index >= 15 is 0 Å². The van der Waals surface area contributed by atoms with Gasteiger partial charge >= 0.3 is 64.1 Å². The molecular formula is C51H70LiNaO8P2. The molecule has 6 rings (SSSR count). The van der Waals surface area contributed by atoms with Crippen molar-refractivity contribution in [3.8, 4) is 23.0 Å². The van der Waals surface area contributed by atoms with Gasteiger partial charge in [0.25, 0.3) is 0 Å². The number of benzene rings is 4. The Labute approximate surface area is 413 Å². The van der Waals surface area contributed by atoms with Gasteiger partial charge in [0.1, 0.15) is 23.0 Å². The van der Waals surface area contributed by atoms with E-state index in [0.29, 0.717) is 29.4 Å². The monoisotopic (exact) mass is 902 g/mol. The van der Waals surface area contributed by atoms with Crippen molar-refractivity contribution in [1.29, 1.82) is 0 Å². The first-order chi connectivity index (χ1) is 27.8. The second-order valence-electron chi connectivity index (χ2n) is 21.4. The summed E-state index contributed by atoms with van der Waals surface area (Å²) in [5.41, 5.74) is 10.6. The van der Waals surface area contributed by atoms with Gasteiger partial charge in [0.2, 0.25) is 0 Å². The fourth-order valence-electron chi connectivity index (χ4n) is 8.40. The number of hydrogen-bond acceptors (Lipinski definition) is 8. The average Bonchev–Trinajstić information content (AvgIpc) is 3.08. The maximum absolute atomic E-state index is 13.2. The summed E-state index contributed by atoms with van der Waals surface area (Å²) in [5.74, 6) is 1.59. The Bertz CT molecular complexity index is 2240. The van der Waals surface area contributed by atoms with Crippen molar-refractivity contribution in [2.45, 2.75) is 177 Å². The van der Waals surface area contributed by atoms with Crippen LogP contribution in [0.2, 0.25) is 0 Å². The maximum Gasteiger partial charge on any atom is 1.00 e. The minimum atomic E-state index is -4.65. The summed E-state index contributed by atoms with van der Waals surface area (Å²) in [4.78, 5) is 26.1. The van der Waals surface area contributed by atoms with E-state index in [1.807, 2.05) is 38.1 Å². The second kappa shape index (κ2) is 20.1. The number of fused-ring (bicyclic) bond motifs is 4. The zero-order valence-electron chi connectivity index (χ0n) is 41.9. The van der Waals surface area contributed by atoms with E-state index in [1.54, 1.807) is 0 Å². The molecule has 2 aliphatic heterocycles. The topological polar surface area (TPSA) is 117 Å².